The van der Waals surface area contributed by atoms with Crippen LogP contribution in [0.25, 0.3) is 0 Å². The zero-order valence-corrected chi connectivity index (χ0v) is 8.29. The van der Waals surface area contributed by atoms with Gasteiger partial charge in [0.1, 0.15) is 10.6 Å². The minimum absolute atomic E-state index is 0.155. The van der Waals surface area contributed by atoms with Crippen molar-refractivity contribution in [1.29, 1.82) is 0 Å². The molecule has 1 N–H and O–H groups in total. The van der Waals surface area contributed by atoms with Gasteiger partial charge in [-0.2, -0.15) is 0 Å². The van der Waals surface area contributed by atoms with Crippen molar-refractivity contribution in [2.45, 2.75) is 11.2 Å². The minimum Gasteiger partial charge on any atom is -0.480 e. The quantitative estimate of drug-likeness (QED) is 0.831. The summed E-state index contributed by atoms with van der Waals surface area (Å²) in [4.78, 5) is 9.71. The topological polar surface area (TPSA) is 37.3 Å². The van der Waals surface area contributed by atoms with Crippen molar-refractivity contribution in [1.82, 2.24) is 0 Å². The highest BCUT2D eigenvalue weighted by atomic mass is 79.9. The van der Waals surface area contributed by atoms with Crippen molar-refractivity contribution in [2.75, 3.05) is 0 Å². The van der Waals surface area contributed by atoms with Crippen LogP contribution < -0.4 is 0 Å². The predicted octanol–water partition coefficient (Wildman–Crippen LogP) is 2.22. The molecule has 0 amide bonds. The Morgan fingerprint density at radius 3 is 2.69 bits per heavy atom. The van der Waals surface area contributed by atoms with Gasteiger partial charge in [0.05, 0.1) is 0 Å². The summed E-state index contributed by atoms with van der Waals surface area (Å²) in [6, 6.07) is 6.15. The zero-order chi connectivity index (χ0) is 9.84. The summed E-state index contributed by atoms with van der Waals surface area (Å²) in [6.45, 7) is 0. The largest absolute Gasteiger partial charge is 0.480 e. The van der Waals surface area contributed by atoms with Gasteiger partial charge in [-0.25, -0.2) is 4.39 Å². The molecule has 70 valence electrons. The summed E-state index contributed by atoms with van der Waals surface area (Å²) in [5, 5.41) is 8.56. The van der Waals surface area contributed by atoms with E-state index in [-0.39, 0.29) is 12.2 Å². The van der Waals surface area contributed by atoms with E-state index in [1.54, 1.807) is 18.2 Å². The van der Waals surface area contributed by atoms with Gasteiger partial charge in [-0.05, 0) is 18.1 Å². The van der Waals surface area contributed by atoms with E-state index in [1.807, 2.05) is 0 Å². The molecule has 0 aliphatic heterocycles. The zero-order valence-electron chi connectivity index (χ0n) is 6.71. The number of benzene rings is 1. The molecule has 0 heterocycles. The lowest BCUT2D eigenvalue weighted by Gasteiger charge is -2.04. The number of carbonyl (C=O) groups is 1. The van der Waals surface area contributed by atoms with Crippen LogP contribution in [0.4, 0.5) is 4.39 Å². The Balaban J connectivity index is 2.74. The molecule has 0 radical (unpaired) electrons. The molecule has 2 nitrogen and oxygen atoms in total. The van der Waals surface area contributed by atoms with Crippen LogP contribution in [-0.4, -0.2) is 15.9 Å². The highest BCUT2D eigenvalue weighted by molar-refractivity contribution is 9.10. The monoisotopic (exact) mass is 246 g/mol. The summed E-state index contributed by atoms with van der Waals surface area (Å²) in [7, 11) is 0. The van der Waals surface area contributed by atoms with Crippen LogP contribution in [0.5, 0.6) is 0 Å². The Kier molecular flexibility index (Phi) is 3.42. The number of carboxylic acid groups (broad SMARTS) is 1. The lowest BCUT2D eigenvalue weighted by molar-refractivity contribution is -0.136. The molecular formula is C9H8BrFO2. The van der Waals surface area contributed by atoms with Crippen LogP contribution in [-0.2, 0) is 11.2 Å². The van der Waals surface area contributed by atoms with Gasteiger partial charge >= 0.3 is 5.97 Å². The molecule has 0 spiro atoms. The van der Waals surface area contributed by atoms with E-state index in [2.05, 4.69) is 15.9 Å². The van der Waals surface area contributed by atoms with Crippen molar-refractivity contribution < 1.29 is 14.3 Å². The van der Waals surface area contributed by atoms with Gasteiger partial charge in [0.15, 0.2) is 0 Å². The normalized spacial score (nSPS) is 12.5. The van der Waals surface area contributed by atoms with Crippen LogP contribution in [0.1, 0.15) is 5.56 Å². The summed E-state index contributed by atoms with van der Waals surface area (Å²) < 4.78 is 13.0. The van der Waals surface area contributed by atoms with Gasteiger partial charge in [0.25, 0.3) is 0 Å². The lowest BCUT2D eigenvalue weighted by Crippen LogP contribution is -2.16. The fourth-order valence-electron chi connectivity index (χ4n) is 0.944. The first-order valence-electron chi connectivity index (χ1n) is 3.71. The second kappa shape index (κ2) is 4.37. The standard InChI is InChI=1S/C9H8BrFO2/c10-7(9(12)13)5-6-3-1-2-4-8(6)11/h1-4,7H,5H2,(H,12,13)/t7-/m0/s1. The Labute approximate surface area is 83.5 Å². The van der Waals surface area contributed by atoms with E-state index in [9.17, 15) is 9.18 Å². The van der Waals surface area contributed by atoms with Gasteiger partial charge in [-0.15, -0.1) is 0 Å². The molecule has 1 aromatic carbocycles. The summed E-state index contributed by atoms with van der Waals surface area (Å²) in [5.41, 5.74) is 0.409. The van der Waals surface area contributed by atoms with Crippen molar-refractivity contribution in [3.63, 3.8) is 0 Å². The Morgan fingerprint density at radius 1 is 1.54 bits per heavy atom. The molecule has 0 saturated carbocycles. The molecule has 4 heteroatoms. The third-order valence-corrected chi connectivity index (χ3v) is 2.34. The first-order chi connectivity index (χ1) is 6.11. The summed E-state index contributed by atoms with van der Waals surface area (Å²) >= 11 is 2.95. The van der Waals surface area contributed by atoms with Gasteiger partial charge in [0.2, 0.25) is 0 Å². The van der Waals surface area contributed by atoms with Gasteiger partial charge in [0, 0.05) is 0 Å². The van der Waals surface area contributed by atoms with E-state index in [0.717, 1.165) is 0 Å². The average Bonchev–Trinajstić information content (AvgIpc) is 2.08. The maximum absolute atomic E-state index is 13.0. The molecule has 0 fully saturated rings. The Hall–Kier alpha value is -0.900. The summed E-state index contributed by atoms with van der Waals surface area (Å²) in [5.74, 6) is -1.35. The molecule has 13 heavy (non-hydrogen) atoms. The maximum atomic E-state index is 13.0. The number of alkyl halides is 1. The molecule has 0 aromatic heterocycles. The predicted molar refractivity (Wildman–Crippen MR) is 50.5 cm³/mol. The van der Waals surface area contributed by atoms with Gasteiger partial charge in [-0.1, -0.05) is 34.1 Å². The fourth-order valence-corrected chi connectivity index (χ4v) is 1.29. The molecule has 0 bridgehead atoms. The molecular weight excluding hydrogens is 239 g/mol. The van der Waals surface area contributed by atoms with E-state index in [4.69, 9.17) is 5.11 Å². The molecule has 0 aliphatic rings. The molecule has 1 atom stereocenters. The van der Waals surface area contributed by atoms with E-state index in [0.29, 0.717) is 5.56 Å². The second-order valence-corrected chi connectivity index (χ2v) is 3.71. The van der Waals surface area contributed by atoms with E-state index < -0.39 is 10.8 Å². The van der Waals surface area contributed by atoms with Crippen LogP contribution >= 0.6 is 15.9 Å². The molecule has 0 saturated heterocycles. The van der Waals surface area contributed by atoms with Crippen LogP contribution in [0, 0.1) is 5.82 Å². The molecule has 0 unspecified atom stereocenters. The third kappa shape index (κ3) is 2.81. The van der Waals surface area contributed by atoms with E-state index in [1.165, 1.54) is 6.07 Å². The summed E-state index contributed by atoms with van der Waals surface area (Å²) in [6.07, 6.45) is 0.155. The van der Waals surface area contributed by atoms with Crippen molar-refractivity contribution in [3.05, 3.63) is 35.6 Å². The maximum Gasteiger partial charge on any atom is 0.317 e. The average molecular weight is 247 g/mol. The third-order valence-electron chi connectivity index (χ3n) is 1.62. The minimum atomic E-state index is -0.983. The lowest BCUT2D eigenvalue weighted by atomic mass is 10.1. The first kappa shape index (κ1) is 10.2. The second-order valence-electron chi connectivity index (χ2n) is 2.60. The number of hydrogen-bond donors (Lipinski definition) is 1. The SMILES string of the molecule is O=C(O)[C@@H](Br)Cc1ccccc1F. The highest BCUT2D eigenvalue weighted by Gasteiger charge is 2.15. The number of hydrogen-bond acceptors (Lipinski definition) is 1. The van der Waals surface area contributed by atoms with Crippen LogP contribution in [0.3, 0.4) is 0 Å². The highest BCUT2D eigenvalue weighted by Crippen LogP contribution is 2.13. The van der Waals surface area contributed by atoms with Gasteiger partial charge < -0.3 is 5.11 Å². The number of halogens is 2. The molecule has 0 aliphatic carbocycles. The number of carboxylic acids is 1. The smallest absolute Gasteiger partial charge is 0.317 e. The van der Waals surface area contributed by atoms with Crippen molar-refractivity contribution >= 4 is 21.9 Å². The fraction of sp³-hybridized carbons (Fsp3) is 0.222. The van der Waals surface area contributed by atoms with Crippen LogP contribution in [0.15, 0.2) is 24.3 Å². The van der Waals surface area contributed by atoms with Gasteiger partial charge in [-0.3, -0.25) is 4.79 Å². The number of rotatable bonds is 3. The van der Waals surface area contributed by atoms with Crippen molar-refractivity contribution in [3.8, 4) is 0 Å². The molecule has 1 rings (SSSR count). The Bertz CT molecular complexity index is 314. The molecule has 1 aromatic rings. The van der Waals surface area contributed by atoms with Crippen LogP contribution in [0.2, 0.25) is 0 Å². The Morgan fingerprint density at radius 2 is 2.15 bits per heavy atom. The number of aliphatic carboxylic acids is 1. The first-order valence-corrected chi connectivity index (χ1v) is 4.63. The van der Waals surface area contributed by atoms with Crippen molar-refractivity contribution in [2.24, 2.45) is 0 Å². The van der Waals surface area contributed by atoms with E-state index >= 15 is 0 Å².